The van der Waals surface area contributed by atoms with Crippen LogP contribution >= 0.6 is 0 Å². The Morgan fingerprint density at radius 3 is 2.30 bits per heavy atom. The van der Waals surface area contributed by atoms with Gasteiger partial charge in [0.1, 0.15) is 6.07 Å². The Morgan fingerprint density at radius 2 is 1.66 bits per heavy atom. The van der Waals surface area contributed by atoms with Crippen LogP contribution in [0.1, 0.15) is 139 Å². The molecule has 0 radical (unpaired) electrons. The predicted molar refractivity (Wildman–Crippen MR) is 190 cm³/mol. The Kier molecular flexibility index (Phi) is 10.6. The van der Waals surface area contributed by atoms with E-state index in [0.29, 0.717) is 19.4 Å². The molecule has 5 atom stereocenters. The number of fused-ring (bicyclic) bond motifs is 3. The van der Waals surface area contributed by atoms with E-state index in [-0.39, 0.29) is 50.6 Å². The van der Waals surface area contributed by atoms with Crippen LogP contribution < -0.4 is 5.32 Å². The molecule has 0 aromatic heterocycles. The second-order valence-electron chi connectivity index (χ2n) is 17.7. The molecule has 1 fully saturated rings. The molecule has 0 heterocycles. The summed E-state index contributed by atoms with van der Waals surface area (Å²) in [5, 5.41) is 13.1. The third-order valence-corrected chi connectivity index (χ3v) is 13.2. The zero-order valence-electron chi connectivity index (χ0n) is 30.8. The summed E-state index contributed by atoms with van der Waals surface area (Å²) in [7, 11) is 0. The molecule has 0 saturated heterocycles. The van der Waals surface area contributed by atoms with Crippen molar-refractivity contribution in [2.75, 3.05) is 0 Å². The SMILES string of the molecule is CCCC(C)(C)CC[C@](C)(CCC(=O)NCc1ccccc1)CC[C@]1(C)CC(=O)C=C2[C@@]3(C)C=C(C#N)C(=O)C(C)(C)[C@@H]3CC[C@]21C. The maximum atomic E-state index is 13.6. The van der Waals surface area contributed by atoms with Crippen molar-refractivity contribution >= 4 is 17.5 Å². The van der Waals surface area contributed by atoms with Gasteiger partial charge in [0.2, 0.25) is 5.91 Å². The summed E-state index contributed by atoms with van der Waals surface area (Å²) in [6.07, 6.45) is 13.7. The minimum absolute atomic E-state index is 0.0366. The molecule has 0 spiro atoms. The normalized spacial score (nSPS) is 29.8. The van der Waals surface area contributed by atoms with Crippen LogP contribution in [0.3, 0.4) is 0 Å². The van der Waals surface area contributed by atoms with Gasteiger partial charge >= 0.3 is 0 Å². The van der Waals surface area contributed by atoms with Gasteiger partial charge < -0.3 is 5.32 Å². The van der Waals surface area contributed by atoms with Crippen LogP contribution in [0.15, 0.2) is 53.6 Å². The number of allylic oxidation sites excluding steroid dienone is 4. The highest BCUT2D eigenvalue weighted by Gasteiger charge is 2.63. The van der Waals surface area contributed by atoms with Gasteiger partial charge in [0.25, 0.3) is 0 Å². The first kappa shape index (κ1) is 36.8. The standard InChI is InChI=1S/C42H60N2O3/c1-10-18-37(2,3)21-22-39(6,19-17-35(46)44-29-30-14-12-11-13-15-30)23-24-40(7)27-32(45)25-34-41(8)26-31(28-43)36(47)38(4,5)33(41)16-20-42(34,40)9/h11-15,25-26,33H,10,16-24,27,29H2,1-9H3,(H,44,46)/t33-,39-,40+,41-,42+/m0/s1. The van der Waals surface area contributed by atoms with Crippen molar-refractivity contribution in [3.8, 4) is 6.07 Å². The molecule has 1 amide bonds. The summed E-state index contributed by atoms with van der Waals surface area (Å²) < 4.78 is 0. The highest BCUT2D eigenvalue weighted by Crippen LogP contribution is 2.69. The summed E-state index contributed by atoms with van der Waals surface area (Å²) in [4.78, 5) is 40.1. The summed E-state index contributed by atoms with van der Waals surface area (Å²) in [5.74, 6) is 0.195. The van der Waals surface area contributed by atoms with Gasteiger partial charge in [-0.15, -0.1) is 0 Å². The summed E-state index contributed by atoms with van der Waals surface area (Å²) in [6, 6.07) is 12.2. The molecule has 1 N–H and O–H groups in total. The third kappa shape index (κ3) is 7.38. The van der Waals surface area contributed by atoms with E-state index >= 15 is 0 Å². The van der Waals surface area contributed by atoms with Crippen LogP contribution in [0, 0.1) is 49.7 Å². The van der Waals surface area contributed by atoms with Gasteiger partial charge in [0.05, 0.1) is 5.57 Å². The van der Waals surface area contributed by atoms with Crippen molar-refractivity contribution in [2.24, 2.45) is 38.4 Å². The lowest BCUT2D eigenvalue weighted by atomic mass is 9.40. The number of Topliss-reactive ketones (excluding diaryl/α,β-unsaturated/α-hetero) is 1. The summed E-state index contributed by atoms with van der Waals surface area (Å²) >= 11 is 0. The van der Waals surface area contributed by atoms with Crippen molar-refractivity contribution in [2.45, 2.75) is 139 Å². The molecule has 47 heavy (non-hydrogen) atoms. The quantitative estimate of drug-likeness (QED) is 0.232. The predicted octanol–water partition coefficient (Wildman–Crippen LogP) is 9.86. The van der Waals surface area contributed by atoms with E-state index in [2.05, 4.69) is 59.9 Å². The van der Waals surface area contributed by atoms with E-state index in [1.807, 2.05) is 56.3 Å². The Balaban J connectivity index is 1.59. The topological polar surface area (TPSA) is 87.0 Å². The van der Waals surface area contributed by atoms with Crippen LogP contribution in [0.2, 0.25) is 0 Å². The lowest BCUT2D eigenvalue weighted by molar-refractivity contribution is -0.133. The van der Waals surface area contributed by atoms with Crippen LogP contribution in [0.5, 0.6) is 0 Å². The smallest absolute Gasteiger partial charge is 0.220 e. The second-order valence-corrected chi connectivity index (χ2v) is 17.7. The van der Waals surface area contributed by atoms with Gasteiger partial charge in [-0.05, 0) is 90.6 Å². The van der Waals surface area contributed by atoms with Gasteiger partial charge in [0.15, 0.2) is 11.6 Å². The molecule has 256 valence electrons. The Hall–Kier alpha value is -3.00. The van der Waals surface area contributed by atoms with Crippen molar-refractivity contribution in [1.29, 1.82) is 5.26 Å². The van der Waals surface area contributed by atoms with Crippen LogP contribution in [-0.2, 0) is 20.9 Å². The second kappa shape index (κ2) is 13.5. The van der Waals surface area contributed by atoms with Crippen LogP contribution in [-0.4, -0.2) is 17.5 Å². The number of ketones is 2. The molecule has 0 unspecified atom stereocenters. The average molecular weight is 641 g/mol. The van der Waals surface area contributed by atoms with Gasteiger partial charge in [-0.3, -0.25) is 14.4 Å². The number of benzene rings is 1. The Labute approximate surface area is 285 Å². The number of hydrogen-bond acceptors (Lipinski definition) is 4. The first-order valence-electron chi connectivity index (χ1n) is 18.1. The maximum absolute atomic E-state index is 13.6. The van der Waals surface area contributed by atoms with Crippen molar-refractivity contribution in [3.63, 3.8) is 0 Å². The molecule has 5 heteroatoms. The van der Waals surface area contributed by atoms with Crippen molar-refractivity contribution < 1.29 is 14.4 Å². The van der Waals surface area contributed by atoms with E-state index in [1.54, 1.807) is 0 Å². The maximum Gasteiger partial charge on any atom is 0.220 e. The van der Waals surface area contributed by atoms with Crippen LogP contribution in [0.25, 0.3) is 0 Å². The lowest BCUT2D eigenvalue weighted by Gasteiger charge is -2.63. The average Bonchev–Trinajstić information content (AvgIpc) is 3.01. The van der Waals surface area contributed by atoms with Crippen molar-refractivity contribution in [1.82, 2.24) is 5.32 Å². The highest BCUT2D eigenvalue weighted by molar-refractivity contribution is 6.04. The van der Waals surface area contributed by atoms with Gasteiger partial charge in [0, 0.05) is 30.2 Å². The number of carbonyl (C=O) groups is 3. The zero-order valence-corrected chi connectivity index (χ0v) is 30.8. The van der Waals surface area contributed by atoms with Gasteiger partial charge in [-0.1, -0.05) is 111 Å². The van der Waals surface area contributed by atoms with Gasteiger partial charge in [-0.2, -0.15) is 5.26 Å². The lowest BCUT2D eigenvalue weighted by Crippen LogP contribution is -2.57. The molecule has 0 aliphatic heterocycles. The molecule has 0 bridgehead atoms. The fourth-order valence-corrected chi connectivity index (χ4v) is 9.68. The molecular weight excluding hydrogens is 580 g/mol. The van der Waals surface area contributed by atoms with E-state index in [9.17, 15) is 19.6 Å². The number of carbonyl (C=O) groups excluding carboxylic acids is 3. The minimum Gasteiger partial charge on any atom is -0.352 e. The van der Waals surface area contributed by atoms with E-state index in [4.69, 9.17) is 0 Å². The van der Waals surface area contributed by atoms with Crippen LogP contribution in [0.4, 0.5) is 0 Å². The first-order valence-corrected chi connectivity index (χ1v) is 18.1. The number of amides is 1. The fraction of sp³-hybridized carbons (Fsp3) is 0.667. The molecular formula is C42H60N2O3. The summed E-state index contributed by atoms with van der Waals surface area (Å²) in [6.45, 7) is 20.7. The third-order valence-electron chi connectivity index (χ3n) is 13.2. The number of rotatable bonds is 13. The number of nitrogens with zero attached hydrogens (tertiary/aromatic N) is 1. The molecule has 1 saturated carbocycles. The first-order chi connectivity index (χ1) is 21.8. The van der Waals surface area contributed by atoms with Gasteiger partial charge in [-0.25, -0.2) is 0 Å². The van der Waals surface area contributed by atoms with E-state index < -0.39 is 10.8 Å². The fourth-order valence-electron chi connectivity index (χ4n) is 9.68. The number of hydrogen-bond donors (Lipinski definition) is 1. The van der Waals surface area contributed by atoms with E-state index in [1.165, 1.54) is 6.42 Å². The molecule has 4 rings (SSSR count). The Morgan fingerprint density at radius 1 is 0.979 bits per heavy atom. The zero-order chi connectivity index (χ0) is 34.9. The molecule has 5 nitrogen and oxygen atoms in total. The highest BCUT2D eigenvalue weighted by atomic mass is 16.1. The molecule has 1 aromatic carbocycles. The molecule has 1 aromatic rings. The van der Waals surface area contributed by atoms with Crippen molar-refractivity contribution in [3.05, 3.63) is 59.2 Å². The van der Waals surface area contributed by atoms with E-state index in [0.717, 1.165) is 62.5 Å². The Bertz CT molecular complexity index is 1460. The molecule has 3 aliphatic rings. The monoisotopic (exact) mass is 640 g/mol. The number of nitrogens with one attached hydrogen (secondary N) is 1. The largest absolute Gasteiger partial charge is 0.352 e. The summed E-state index contributed by atoms with van der Waals surface area (Å²) in [5.41, 5.74) is 0.914. The molecule has 3 aliphatic carbocycles. The number of nitriles is 1. The minimum atomic E-state index is -0.668.